The minimum atomic E-state index is -0.202. The van der Waals surface area contributed by atoms with Gasteiger partial charge in [0.05, 0.1) is 0 Å². The van der Waals surface area contributed by atoms with Gasteiger partial charge >= 0.3 is 0 Å². The molecule has 2 N–H and O–H groups in total. The first-order valence-corrected chi connectivity index (χ1v) is 4.40. The van der Waals surface area contributed by atoms with Crippen molar-refractivity contribution in [3.8, 4) is 0 Å². The standard InChI is InChI=1S/C11H12FN/c1-2-7-3-4-8(5-10(7)12)9-6-11(9)13/h2-5,9,11H,1,6,13H2. The van der Waals surface area contributed by atoms with Crippen LogP contribution in [0.1, 0.15) is 23.5 Å². The van der Waals surface area contributed by atoms with E-state index in [-0.39, 0.29) is 11.9 Å². The lowest BCUT2D eigenvalue weighted by molar-refractivity contribution is 0.622. The Morgan fingerprint density at radius 2 is 2.23 bits per heavy atom. The predicted octanol–water partition coefficient (Wildman–Crippen LogP) is 2.28. The van der Waals surface area contributed by atoms with Crippen molar-refractivity contribution in [2.45, 2.75) is 18.4 Å². The van der Waals surface area contributed by atoms with Gasteiger partial charge in [0.1, 0.15) is 5.82 Å². The van der Waals surface area contributed by atoms with Crippen molar-refractivity contribution >= 4 is 6.08 Å². The summed E-state index contributed by atoms with van der Waals surface area (Å²) in [6.07, 6.45) is 2.50. The molecule has 2 heteroatoms. The first-order valence-electron chi connectivity index (χ1n) is 4.40. The molecule has 0 bridgehead atoms. The Hall–Kier alpha value is -1.15. The highest BCUT2D eigenvalue weighted by Gasteiger charge is 2.34. The Morgan fingerprint density at radius 3 is 2.69 bits per heavy atom. The molecule has 68 valence electrons. The average Bonchev–Trinajstić information content (AvgIpc) is 2.82. The van der Waals surface area contributed by atoms with Crippen LogP contribution in [0.3, 0.4) is 0 Å². The Balaban J connectivity index is 2.30. The van der Waals surface area contributed by atoms with Gasteiger partial charge in [0.15, 0.2) is 0 Å². The smallest absolute Gasteiger partial charge is 0.130 e. The third-order valence-corrected chi connectivity index (χ3v) is 2.51. The second-order valence-corrected chi connectivity index (χ2v) is 3.49. The molecule has 13 heavy (non-hydrogen) atoms. The van der Waals surface area contributed by atoms with E-state index >= 15 is 0 Å². The molecule has 1 aromatic rings. The molecule has 1 aromatic carbocycles. The summed E-state index contributed by atoms with van der Waals surface area (Å²) in [5.74, 6) is 0.167. The third-order valence-electron chi connectivity index (χ3n) is 2.51. The van der Waals surface area contributed by atoms with Crippen molar-refractivity contribution in [2.24, 2.45) is 5.73 Å². The van der Waals surface area contributed by atoms with Crippen LogP contribution in [-0.2, 0) is 0 Å². The van der Waals surface area contributed by atoms with Crippen LogP contribution >= 0.6 is 0 Å². The lowest BCUT2D eigenvalue weighted by Gasteiger charge is -2.01. The van der Waals surface area contributed by atoms with Crippen molar-refractivity contribution in [3.63, 3.8) is 0 Å². The average molecular weight is 177 g/mol. The molecule has 0 aromatic heterocycles. The monoisotopic (exact) mass is 177 g/mol. The largest absolute Gasteiger partial charge is 0.327 e. The van der Waals surface area contributed by atoms with Crippen LogP contribution in [0.2, 0.25) is 0 Å². The first-order chi connectivity index (χ1) is 6.22. The van der Waals surface area contributed by atoms with E-state index in [0.29, 0.717) is 11.5 Å². The van der Waals surface area contributed by atoms with E-state index in [1.807, 2.05) is 6.07 Å². The predicted molar refractivity (Wildman–Crippen MR) is 51.8 cm³/mol. The molecule has 0 amide bonds. The zero-order valence-corrected chi connectivity index (χ0v) is 7.33. The van der Waals surface area contributed by atoms with Crippen LogP contribution in [0.4, 0.5) is 4.39 Å². The van der Waals surface area contributed by atoms with E-state index in [4.69, 9.17) is 5.73 Å². The van der Waals surface area contributed by atoms with E-state index in [2.05, 4.69) is 6.58 Å². The summed E-state index contributed by atoms with van der Waals surface area (Å²) >= 11 is 0. The Labute approximate surface area is 77.1 Å². The zero-order chi connectivity index (χ0) is 9.42. The van der Waals surface area contributed by atoms with Crippen molar-refractivity contribution < 1.29 is 4.39 Å². The highest BCUT2D eigenvalue weighted by molar-refractivity contribution is 5.49. The van der Waals surface area contributed by atoms with Gasteiger partial charge in [0, 0.05) is 17.5 Å². The molecule has 0 radical (unpaired) electrons. The summed E-state index contributed by atoms with van der Waals surface area (Å²) in [7, 11) is 0. The van der Waals surface area contributed by atoms with Crippen LogP contribution in [-0.4, -0.2) is 6.04 Å². The molecule has 1 fully saturated rings. The molecule has 0 aliphatic heterocycles. The van der Waals surface area contributed by atoms with E-state index in [9.17, 15) is 4.39 Å². The molecule has 1 nitrogen and oxygen atoms in total. The molecular weight excluding hydrogens is 165 g/mol. The summed E-state index contributed by atoms with van der Waals surface area (Å²) in [5.41, 5.74) is 7.24. The number of halogens is 1. The fourth-order valence-electron chi connectivity index (χ4n) is 1.54. The number of hydrogen-bond donors (Lipinski definition) is 1. The molecular formula is C11H12FN. The summed E-state index contributed by atoms with van der Waals surface area (Å²) in [6.45, 7) is 3.53. The summed E-state index contributed by atoms with van der Waals surface area (Å²) in [4.78, 5) is 0. The van der Waals surface area contributed by atoms with Crippen LogP contribution in [0.25, 0.3) is 6.08 Å². The Bertz CT molecular complexity index is 346. The van der Waals surface area contributed by atoms with Gasteiger partial charge in [0.25, 0.3) is 0 Å². The van der Waals surface area contributed by atoms with Gasteiger partial charge in [-0.05, 0) is 18.1 Å². The van der Waals surface area contributed by atoms with Crippen LogP contribution in [0.5, 0.6) is 0 Å². The van der Waals surface area contributed by atoms with Gasteiger partial charge in [0.2, 0.25) is 0 Å². The molecule has 0 spiro atoms. The van der Waals surface area contributed by atoms with Crippen molar-refractivity contribution in [3.05, 3.63) is 41.7 Å². The van der Waals surface area contributed by atoms with Gasteiger partial charge in [-0.15, -0.1) is 0 Å². The van der Waals surface area contributed by atoms with Crippen LogP contribution in [0, 0.1) is 5.82 Å². The second-order valence-electron chi connectivity index (χ2n) is 3.49. The van der Waals surface area contributed by atoms with Gasteiger partial charge in [-0.1, -0.05) is 24.8 Å². The Morgan fingerprint density at radius 1 is 1.54 bits per heavy atom. The normalized spacial score (nSPS) is 25.7. The van der Waals surface area contributed by atoms with Crippen LogP contribution in [0.15, 0.2) is 24.8 Å². The highest BCUT2D eigenvalue weighted by atomic mass is 19.1. The molecule has 1 saturated carbocycles. The lowest BCUT2D eigenvalue weighted by Crippen LogP contribution is -2.01. The molecule has 2 unspecified atom stereocenters. The number of rotatable bonds is 2. The SMILES string of the molecule is C=Cc1ccc(C2CC2N)cc1F. The van der Waals surface area contributed by atoms with Gasteiger partial charge < -0.3 is 5.73 Å². The molecule has 0 saturated heterocycles. The van der Waals surface area contributed by atoms with Crippen molar-refractivity contribution in [2.75, 3.05) is 0 Å². The molecule has 1 aliphatic rings. The summed E-state index contributed by atoms with van der Waals surface area (Å²) in [5, 5.41) is 0. The lowest BCUT2D eigenvalue weighted by atomic mass is 10.1. The second kappa shape index (κ2) is 2.96. The maximum atomic E-state index is 13.3. The van der Waals surface area contributed by atoms with E-state index < -0.39 is 0 Å². The summed E-state index contributed by atoms with van der Waals surface area (Å²) < 4.78 is 13.3. The van der Waals surface area contributed by atoms with Crippen LogP contribution < -0.4 is 5.73 Å². The van der Waals surface area contributed by atoms with E-state index in [0.717, 1.165) is 12.0 Å². The molecule has 2 rings (SSSR count). The van der Waals surface area contributed by atoms with Gasteiger partial charge in [-0.2, -0.15) is 0 Å². The molecule has 2 atom stereocenters. The van der Waals surface area contributed by atoms with E-state index in [1.165, 1.54) is 6.08 Å². The molecule has 0 heterocycles. The van der Waals surface area contributed by atoms with Gasteiger partial charge in [-0.3, -0.25) is 0 Å². The summed E-state index contributed by atoms with van der Waals surface area (Å²) in [6, 6.07) is 5.48. The first kappa shape index (κ1) is 8.45. The number of benzene rings is 1. The maximum Gasteiger partial charge on any atom is 0.130 e. The third kappa shape index (κ3) is 1.49. The Kier molecular flexibility index (Phi) is 1.93. The van der Waals surface area contributed by atoms with Crippen molar-refractivity contribution in [1.29, 1.82) is 0 Å². The highest BCUT2D eigenvalue weighted by Crippen LogP contribution is 2.39. The minimum absolute atomic E-state index is 0.202. The fraction of sp³-hybridized carbons (Fsp3) is 0.273. The quantitative estimate of drug-likeness (QED) is 0.736. The zero-order valence-electron chi connectivity index (χ0n) is 7.33. The fourth-order valence-corrected chi connectivity index (χ4v) is 1.54. The van der Waals surface area contributed by atoms with Gasteiger partial charge in [-0.25, -0.2) is 4.39 Å². The van der Waals surface area contributed by atoms with E-state index in [1.54, 1.807) is 12.1 Å². The minimum Gasteiger partial charge on any atom is -0.327 e. The van der Waals surface area contributed by atoms with Crippen molar-refractivity contribution in [1.82, 2.24) is 0 Å². The number of hydrogen-bond acceptors (Lipinski definition) is 1. The topological polar surface area (TPSA) is 26.0 Å². The number of nitrogens with two attached hydrogens (primary N) is 1. The molecule has 1 aliphatic carbocycles. The maximum absolute atomic E-state index is 13.3.